The van der Waals surface area contributed by atoms with Crippen molar-refractivity contribution in [2.45, 2.75) is 40.2 Å². The average molecular weight is 312 g/mol. The fourth-order valence-corrected chi connectivity index (χ4v) is 2.10. The van der Waals surface area contributed by atoms with E-state index in [2.05, 4.69) is 12.1 Å². The molecule has 0 N–H and O–H groups in total. The van der Waals surface area contributed by atoms with Gasteiger partial charge >= 0.3 is 5.97 Å². The SMILES string of the molecule is CC(C)Oc1ccc(Cc2ccc(OC(=O)C(C)C)cc2)cc1. The lowest BCUT2D eigenvalue weighted by atomic mass is 10.0. The van der Waals surface area contributed by atoms with Gasteiger partial charge in [-0.3, -0.25) is 4.79 Å². The molecule has 0 saturated carbocycles. The fourth-order valence-electron chi connectivity index (χ4n) is 2.10. The first-order valence-electron chi connectivity index (χ1n) is 8.00. The first-order valence-corrected chi connectivity index (χ1v) is 8.00. The average Bonchev–Trinajstić information content (AvgIpc) is 2.50. The summed E-state index contributed by atoms with van der Waals surface area (Å²) in [5.41, 5.74) is 2.39. The van der Waals surface area contributed by atoms with Gasteiger partial charge in [-0.1, -0.05) is 38.1 Å². The zero-order valence-corrected chi connectivity index (χ0v) is 14.2. The van der Waals surface area contributed by atoms with E-state index in [0.717, 1.165) is 12.2 Å². The van der Waals surface area contributed by atoms with Gasteiger partial charge in [0.15, 0.2) is 0 Å². The second-order valence-electron chi connectivity index (χ2n) is 6.21. The van der Waals surface area contributed by atoms with Gasteiger partial charge in [-0.05, 0) is 55.7 Å². The van der Waals surface area contributed by atoms with Gasteiger partial charge in [0, 0.05) is 0 Å². The standard InChI is InChI=1S/C20H24O3/c1-14(2)20(21)23-19-11-7-17(8-12-19)13-16-5-9-18(10-6-16)22-15(3)4/h5-12,14-15H,13H2,1-4H3. The summed E-state index contributed by atoms with van der Waals surface area (Å²) in [7, 11) is 0. The van der Waals surface area contributed by atoms with Crippen LogP contribution < -0.4 is 9.47 Å². The van der Waals surface area contributed by atoms with E-state index in [9.17, 15) is 4.79 Å². The van der Waals surface area contributed by atoms with Crippen molar-refractivity contribution in [3.05, 3.63) is 59.7 Å². The summed E-state index contributed by atoms with van der Waals surface area (Å²) in [6.45, 7) is 7.68. The predicted molar refractivity (Wildman–Crippen MR) is 91.9 cm³/mol. The normalized spacial score (nSPS) is 10.9. The molecule has 0 heterocycles. The van der Waals surface area contributed by atoms with Crippen molar-refractivity contribution >= 4 is 5.97 Å². The first-order chi connectivity index (χ1) is 10.9. The van der Waals surface area contributed by atoms with Crippen molar-refractivity contribution < 1.29 is 14.3 Å². The largest absolute Gasteiger partial charge is 0.491 e. The van der Waals surface area contributed by atoms with Crippen molar-refractivity contribution in [2.75, 3.05) is 0 Å². The summed E-state index contributed by atoms with van der Waals surface area (Å²) in [6.07, 6.45) is 1.02. The second-order valence-corrected chi connectivity index (χ2v) is 6.21. The molecule has 0 atom stereocenters. The Hall–Kier alpha value is -2.29. The Morgan fingerprint density at radius 3 is 1.74 bits per heavy atom. The molecule has 0 aliphatic rings. The molecule has 0 fully saturated rings. The Bertz CT molecular complexity index is 625. The lowest BCUT2D eigenvalue weighted by molar-refractivity contribution is -0.137. The number of rotatable bonds is 6. The monoisotopic (exact) mass is 312 g/mol. The van der Waals surface area contributed by atoms with Gasteiger partial charge in [-0.2, -0.15) is 0 Å². The third-order valence-electron chi connectivity index (χ3n) is 3.32. The molecular formula is C20H24O3. The lowest BCUT2D eigenvalue weighted by Crippen LogP contribution is -2.14. The summed E-state index contributed by atoms with van der Waals surface area (Å²) in [4.78, 5) is 11.6. The van der Waals surface area contributed by atoms with Crippen LogP contribution in [0, 0.1) is 5.92 Å². The van der Waals surface area contributed by atoms with Gasteiger partial charge in [-0.15, -0.1) is 0 Å². The van der Waals surface area contributed by atoms with E-state index in [0.29, 0.717) is 5.75 Å². The van der Waals surface area contributed by atoms with Crippen LogP contribution in [0.3, 0.4) is 0 Å². The van der Waals surface area contributed by atoms with Crippen molar-refractivity contribution in [3.8, 4) is 11.5 Å². The maximum atomic E-state index is 11.6. The van der Waals surface area contributed by atoms with Gasteiger partial charge in [-0.25, -0.2) is 0 Å². The minimum Gasteiger partial charge on any atom is -0.491 e. The van der Waals surface area contributed by atoms with Crippen LogP contribution in [-0.2, 0) is 11.2 Å². The molecule has 0 aliphatic heterocycles. The van der Waals surface area contributed by atoms with E-state index in [-0.39, 0.29) is 18.0 Å². The number of hydrogen-bond acceptors (Lipinski definition) is 3. The van der Waals surface area contributed by atoms with Crippen LogP contribution in [0.5, 0.6) is 11.5 Å². The van der Waals surface area contributed by atoms with Crippen LogP contribution in [0.15, 0.2) is 48.5 Å². The van der Waals surface area contributed by atoms with Gasteiger partial charge in [0.1, 0.15) is 11.5 Å². The molecule has 2 rings (SSSR count). The van der Waals surface area contributed by atoms with Gasteiger partial charge in [0.05, 0.1) is 12.0 Å². The van der Waals surface area contributed by atoms with E-state index in [4.69, 9.17) is 9.47 Å². The van der Waals surface area contributed by atoms with E-state index in [1.165, 1.54) is 11.1 Å². The smallest absolute Gasteiger partial charge is 0.313 e. The molecule has 2 aromatic rings. The predicted octanol–water partition coefficient (Wildman–Crippen LogP) is 4.63. The van der Waals surface area contributed by atoms with E-state index < -0.39 is 0 Å². The van der Waals surface area contributed by atoms with E-state index in [1.54, 1.807) is 0 Å². The van der Waals surface area contributed by atoms with Crippen molar-refractivity contribution in [1.29, 1.82) is 0 Å². The summed E-state index contributed by atoms with van der Waals surface area (Å²) >= 11 is 0. The molecule has 0 unspecified atom stereocenters. The highest BCUT2D eigenvalue weighted by Crippen LogP contribution is 2.19. The number of benzene rings is 2. The molecule has 0 amide bonds. The van der Waals surface area contributed by atoms with E-state index in [1.807, 2.05) is 64.1 Å². The Balaban J connectivity index is 1.96. The topological polar surface area (TPSA) is 35.5 Å². The fraction of sp³-hybridized carbons (Fsp3) is 0.350. The number of hydrogen-bond donors (Lipinski definition) is 0. The highest BCUT2D eigenvalue weighted by atomic mass is 16.5. The number of ether oxygens (including phenoxy) is 2. The molecule has 0 spiro atoms. The van der Waals surface area contributed by atoms with Crippen LogP contribution in [-0.4, -0.2) is 12.1 Å². The molecule has 3 heteroatoms. The summed E-state index contributed by atoms with van der Waals surface area (Å²) in [5.74, 6) is 1.15. The molecule has 0 radical (unpaired) electrons. The maximum absolute atomic E-state index is 11.6. The van der Waals surface area contributed by atoms with Crippen LogP contribution in [0.2, 0.25) is 0 Å². The molecule has 122 valence electrons. The molecular weight excluding hydrogens is 288 g/mol. The van der Waals surface area contributed by atoms with Gasteiger partial charge in [0.25, 0.3) is 0 Å². The Morgan fingerprint density at radius 1 is 0.826 bits per heavy atom. The summed E-state index contributed by atoms with van der Waals surface area (Å²) in [6, 6.07) is 15.8. The molecule has 0 aliphatic carbocycles. The number of carbonyl (C=O) groups excluding carboxylic acids is 1. The van der Waals surface area contributed by atoms with Crippen molar-refractivity contribution in [3.63, 3.8) is 0 Å². The highest BCUT2D eigenvalue weighted by molar-refractivity contribution is 5.74. The zero-order chi connectivity index (χ0) is 16.8. The Labute approximate surface area is 138 Å². The number of carbonyl (C=O) groups is 1. The van der Waals surface area contributed by atoms with Crippen LogP contribution in [0.25, 0.3) is 0 Å². The maximum Gasteiger partial charge on any atom is 0.313 e. The summed E-state index contributed by atoms with van der Waals surface area (Å²) < 4.78 is 10.9. The van der Waals surface area contributed by atoms with Crippen molar-refractivity contribution in [1.82, 2.24) is 0 Å². The Kier molecular flexibility index (Phi) is 5.80. The molecule has 0 bridgehead atoms. The van der Waals surface area contributed by atoms with Crippen LogP contribution in [0.1, 0.15) is 38.8 Å². The second kappa shape index (κ2) is 7.82. The van der Waals surface area contributed by atoms with E-state index >= 15 is 0 Å². The minimum absolute atomic E-state index is 0.124. The highest BCUT2D eigenvalue weighted by Gasteiger charge is 2.09. The molecule has 3 nitrogen and oxygen atoms in total. The molecule has 0 aromatic heterocycles. The molecule has 2 aromatic carbocycles. The van der Waals surface area contributed by atoms with Crippen LogP contribution in [0.4, 0.5) is 0 Å². The first kappa shape index (κ1) is 17.1. The molecule has 23 heavy (non-hydrogen) atoms. The minimum atomic E-state index is -0.210. The third-order valence-corrected chi connectivity index (χ3v) is 3.32. The quantitative estimate of drug-likeness (QED) is 0.576. The van der Waals surface area contributed by atoms with Gasteiger partial charge in [0.2, 0.25) is 0 Å². The van der Waals surface area contributed by atoms with Gasteiger partial charge < -0.3 is 9.47 Å². The lowest BCUT2D eigenvalue weighted by Gasteiger charge is -2.10. The molecule has 0 saturated heterocycles. The zero-order valence-electron chi connectivity index (χ0n) is 14.2. The summed E-state index contributed by atoms with van der Waals surface area (Å²) in [5, 5.41) is 0. The number of esters is 1. The van der Waals surface area contributed by atoms with Crippen molar-refractivity contribution in [2.24, 2.45) is 5.92 Å². The van der Waals surface area contributed by atoms with Crippen LogP contribution >= 0.6 is 0 Å². The third kappa shape index (κ3) is 5.44. The Morgan fingerprint density at radius 2 is 1.30 bits per heavy atom.